The molecule has 0 bridgehead atoms. The van der Waals surface area contributed by atoms with Crippen molar-refractivity contribution in [2.45, 2.75) is 31.8 Å². The van der Waals surface area contributed by atoms with Crippen LogP contribution >= 0.6 is 11.8 Å². The van der Waals surface area contributed by atoms with Crippen molar-refractivity contribution in [1.82, 2.24) is 15.2 Å². The van der Waals surface area contributed by atoms with E-state index in [1.54, 1.807) is 18.2 Å². The van der Waals surface area contributed by atoms with Gasteiger partial charge in [-0.15, -0.1) is 5.10 Å². The van der Waals surface area contributed by atoms with E-state index in [2.05, 4.69) is 15.2 Å². The van der Waals surface area contributed by atoms with Gasteiger partial charge in [0, 0.05) is 16.9 Å². The van der Waals surface area contributed by atoms with Gasteiger partial charge >= 0.3 is 0 Å². The van der Waals surface area contributed by atoms with Crippen molar-refractivity contribution < 1.29 is 19.4 Å². The lowest BCUT2D eigenvalue weighted by molar-refractivity contribution is -0.297. The highest BCUT2D eigenvalue weighted by Crippen LogP contribution is 2.34. The molecule has 25 heavy (non-hydrogen) atoms. The summed E-state index contributed by atoms with van der Waals surface area (Å²) in [6.07, 6.45) is 3.15. The van der Waals surface area contributed by atoms with Gasteiger partial charge in [-0.2, -0.15) is 0 Å². The van der Waals surface area contributed by atoms with Crippen LogP contribution in [0.5, 0.6) is 11.5 Å². The molecule has 0 aliphatic rings. The van der Waals surface area contributed by atoms with Gasteiger partial charge in [0.25, 0.3) is 0 Å². The highest BCUT2D eigenvalue weighted by molar-refractivity contribution is 8.04. The quantitative estimate of drug-likeness (QED) is 0.538. The second kappa shape index (κ2) is 9.12. The fourth-order valence-corrected chi connectivity index (χ4v) is 2.86. The number of hydrogen-bond acceptors (Lipinski definition) is 7. The molecule has 0 spiro atoms. The molecule has 0 saturated heterocycles. The zero-order valence-corrected chi connectivity index (χ0v) is 15.2. The number of nitrogens with one attached hydrogen (secondary N) is 1. The maximum atomic E-state index is 11.5. The van der Waals surface area contributed by atoms with Gasteiger partial charge in [-0.05, 0) is 37.2 Å². The van der Waals surface area contributed by atoms with Gasteiger partial charge in [0.15, 0.2) is 11.5 Å². The third-order valence-corrected chi connectivity index (χ3v) is 4.07. The van der Waals surface area contributed by atoms with Crippen LogP contribution in [0.4, 0.5) is 0 Å². The van der Waals surface area contributed by atoms with Crippen LogP contribution < -0.4 is 14.6 Å². The molecular formula is C17H20N3O4S-. The smallest absolute Gasteiger partial charge is 0.213 e. The topological polar surface area (TPSA) is 100 Å². The number of para-hydroxylation sites is 1. The first-order chi connectivity index (χ1) is 12.1. The van der Waals surface area contributed by atoms with Gasteiger partial charge in [-0.1, -0.05) is 19.1 Å². The molecule has 0 saturated carbocycles. The predicted molar refractivity (Wildman–Crippen MR) is 93.4 cm³/mol. The van der Waals surface area contributed by atoms with E-state index in [0.717, 1.165) is 30.4 Å². The van der Waals surface area contributed by atoms with Crippen LogP contribution in [0.25, 0.3) is 6.08 Å². The zero-order valence-electron chi connectivity index (χ0n) is 14.4. The Morgan fingerprint density at radius 3 is 2.84 bits per heavy atom. The number of hydrogen-bond donors (Lipinski definition) is 1. The van der Waals surface area contributed by atoms with Crippen molar-refractivity contribution in [2.24, 2.45) is 0 Å². The van der Waals surface area contributed by atoms with Crippen molar-refractivity contribution in [3.63, 3.8) is 0 Å². The molecule has 2 aromatic rings. The van der Waals surface area contributed by atoms with Crippen molar-refractivity contribution >= 4 is 23.8 Å². The molecule has 0 atom stereocenters. The summed E-state index contributed by atoms with van der Waals surface area (Å²) in [7, 11) is 1.53. The van der Waals surface area contributed by atoms with Crippen molar-refractivity contribution in [1.29, 1.82) is 0 Å². The molecule has 7 nitrogen and oxygen atoms in total. The molecule has 0 unspecified atom stereocenters. The van der Waals surface area contributed by atoms with E-state index < -0.39 is 5.97 Å². The monoisotopic (exact) mass is 362 g/mol. The molecule has 0 aliphatic heterocycles. The first-order valence-corrected chi connectivity index (χ1v) is 8.72. The lowest BCUT2D eigenvalue weighted by Crippen LogP contribution is -2.23. The number of benzene rings is 1. The molecule has 134 valence electrons. The van der Waals surface area contributed by atoms with Crippen LogP contribution in [-0.2, 0) is 11.2 Å². The Kier molecular flexibility index (Phi) is 6.88. The van der Waals surface area contributed by atoms with Gasteiger partial charge in [-0.25, -0.2) is 4.98 Å². The Hall–Kier alpha value is -2.48. The second-order valence-corrected chi connectivity index (χ2v) is 6.03. The highest BCUT2D eigenvalue weighted by Gasteiger charge is 2.12. The van der Waals surface area contributed by atoms with Crippen molar-refractivity contribution in [2.75, 3.05) is 13.7 Å². The fraction of sp³-hybridized carbons (Fsp3) is 0.353. The number of carboxylic acid groups (broad SMARTS) is 1. The van der Waals surface area contributed by atoms with E-state index in [0.29, 0.717) is 28.8 Å². The Morgan fingerprint density at radius 1 is 1.40 bits per heavy atom. The molecule has 0 amide bonds. The largest absolute Gasteiger partial charge is 0.544 e. The second-order valence-electron chi connectivity index (χ2n) is 5.02. The number of aliphatic carboxylic acids is 1. The van der Waals surface area contributed by atoms with Gasteiger partial charge in [0.05, 0.1) is 19.7 Å². The molecule has 1 aromatic heterocycles. The standard InChI is InChI=1S/C17H21N3O4S/c1-4-7-14-18-17(20-19-14)25-13(16(21)22)10-11-8-6-9-12(23-3)15(11)24-5-2/h6,8-10H,4-5,7H2,1-3H3,(H,21,22)(H,18,19,20)/p-1/b13-10-. The summed E-state index contributed by atoms with van der Waals surface area (Å²) in [6.45, 7) is 4.30. The molecule has 1 aromatic carbocycles. The molecule has 0 aliphatic carbocycles. The third-order valence-electron chi connectivity index (χ3n) is 3.20. The summed E-state index contributed by atoms with van der Waals surface area (Å²) < 4.78 is 10.9. The van der Waals surface area contributed by atoms with E-state index in [1.807, 2.05) is 13.8 Å². The lowest BCUT2D eigenvalue weighted by Gasteiger charge is -2.13. The molecular weight excluding hydrogens is 342 g/mol. The van der Waals surface area contributed by atoms with E-state index in [1.165, 1.54) is 13.2 Å². The summed E-state index contributed by atoms with van der Waals surface area (Å²) >= 11 is 0.928. The SMILES string of the molecule is CCCc1nc(S/C(=C\c2cccc(OC)c2OCC)C(=O)[O-])n[nH]1. The fourth-order valence-electron chi connectivity index (χ4n) is 2.15. The molecule has 1 N–H and O–H groups in total. The van der Waals surface area contributed by atoms with E-state index in [4.69, 9.17) is 9.47 Å². The van der Waals surface area contributed by atoms with Gasteiger partial charge in [0.2, 0.25) is 5.16 Å². The number of methoxy groups -OCH3 is 1. The summed E-state index contributed by atoms with van der Waals surface area (Å²) in [4.78, 5) is 15.8. The summed E-state index contributed by atoms with van der Waals surface area (Å²) in [5, 5.41) is 18.7. The first kappa shape index (κ1) is 18.9. The minimum Gasteiger partial charge on any atom is -0.544 e. The van der Waals surface area contributed by atoms with Crippen LogP contribution in [0.15, 0.2) is 28.3 Å². The Bertz CT molecular complexity index is 758. The van der Waals surface area contributed by atoms with E-state index in [9.17, 15) is 9.90 Å². The number of carbonyl (C=O) groups excluding carboxylic acids is 1. The molecule has 2 rings (SSSR count). The van der Waals surface area contributed by atoms with Crippen LogP contribution in [0, 0.1) is 0 Å². The molecule has 8 heteroatoms. The van der Waals surface area contributed by atoms with Gasteiger partial charge < -0.3 is 19.4 Å². The first-order valence-electron chi connectivity index (χ1n) is 7.91. The highest BCUT2D eigenvalue weighted by atomic mass is 32.2. The predicted octanol–water partition coefficient (Wildman–Crippen LogP) is 2.05. The maximum Gasteiger partial charge on any atom is 0.213 e. The van der Waals surface area contributed by atoms with E-state index in [-0.39, 0.29) is 4.91 Å². The Morgan fingerprint density at radius 2 is 2.20 bits per heavy atom. The Labute approximate surface area is 150 Å². The molecule has 1 heterocycles. The molecule has 0 fully saturated rings. The zero-order chi connectivity index (χ0) is 18.2. The van der Waals surface area contributed by atoms with Crippen molar-refractivity contribution in [3.8, 4) is 11.5 Å². The number of aromatic amines is 1. The van der Waals surface area contributed by atoms with Crippen LogP contribution in [-0.4, -0.2) is 34.9 Å². The minimum atomic E-state index is -1.31. The number of aryl methyl sites for hydroxylation is 1. The lowest BCUT2D eigenvalue weighted by atomic mass is 10.1. The number of nitrogens with zero attached hydrogens (tertiary/aromatic N) is 2. The normalized spacial score (nSPS) is 11.4. The summed E-state index contributed by atoms with van der Waals surface area (Å²) in [6, 6.07) is 5.26. The number of ether oxygens (including phenoxy) is 2. The van der Waals surface area contributed by atoms with Crippen LogP contribution in [0.2, 0.25) is 0 Å². The number of carbonyl (C=O) groups is 1. The molecule has 0 radical (unpaired) electrons. The average Bonchev–Trinajstić information content (AvgIpc) is 3.03. The van der Waals surface area contributed by atoms with Crippen LogP contribution in [0.3, 0.4) is 0 Å². The van der Waals surface area contributed by atoms with E-state index >= 15 is 0 Å². The summed E-state index contributed by atoms with van der Waals surface area (Å²) in [5.74, 6) is 0.422. The number of H-pyrrole nitrogens is 1. The Balaban J connectivity index is 2.34. The number of carboxylic acids is 1. The minimum absolute atomic E-state index is 0.0174. The van der Waals surface area contributed by atoms with Crippen molar-refractivity contribution in [3.05, 3.63) is 34.5 Å². The van der Waals surface area contributed by atoms with Gasteiger partial charge in [-0.3, -0.25) is 5.10 Å². The number of rotatable bonds is 9. The average molecular weight is 362 g/mol. The maximum absolute atomic E-state index is 11.5. The number of aromatic nitrogens is 3. The number of thioether (sulfide) groups is 1. The van der Waals surface area contributed by atoms with Gasteiger partial charge in [0.1, 0.15) is 5.82 Å². The summed E-state index contributed by atoms with van der Waals surface area (Å²) in [5.41, 5.74) is 0.581. The van der Waals surface area contributed by atoms with Crippen LogP contribution in [0.1, 0.15) is 31.7 Å². The third kappa shape index (κ3) is 4.99.